The molecule has 3 nitrogen and oxygen atoms in total. The van der Waals surface area contributed by atoms with Gasteiger partial charge < -0.3 is 14.6 Å². The van der Waals surface area contributed by atoms with Gasteiger partial charge in [0.25, 0.3) is 0 Å². The Morgan fingerprint density at radius 3 is 2.56 bits per heavy atom. The third kappa shape index (κ3) is 3.45. The first-order valence-corrected chi connectivity index (χ1v) is 5.22. The molecule has 0 fully saturated rings. The maximum Gasteiger partial charge on any atom is 0.147 e. The lowest BCUT2D eigenvalue weighted by Gasteiger charge is -2.23. The molecule has 3 heteroatoms. The molecule has 1 aromatic carbocycles. The molecule has 2 atom stereocenters. The zero-order valence-electron chi connectivity index (χ0n) is 9.50. The lowest BCUT2D eigenvalue weighted by atomic mass is 9.96. The Hall–Kier alpha value is -1.16. The number of hydrogen-bond acceptors (Lipinski definition) is 3. The maximum absolute atomic E-state index is 9.27. The summed E-state index contributed by atoms with van der Waals surface area (Å²) in [6.45, 7) is 3.91. The molecule has 16 heavy (non-hydrogen) atoms. The fourth-order valence-electron chi connectivity index (χ4n) is 1.54. The molecule has 0 aliphatic carbocycles. The number of hydrogen-bond donors (Lipinski definition) is 1. The van der Waals surface area contributed by atoms with E-state index in [1.54, 1.807) is 13.2 Å². The highest BCUT2D eigenvalue weighted by Crippen LogP contribution is 2.26. The lowest BCUT2D eigenvalue weighted by Crippen LogP contribution is -2.18. The van der Waals surface area contributed by atoms with Gasteiger partial charge >= 0.3 is 0 Å². The van der Waals surface area contributed by atoms with E-state index in [1.165, 1.54) is 0 Å². The molecule has 0 radical (unpaired) electrons. The number of benzene rings is 1. The van der Waals surface area contributed by atoms with Gasteiger partial charge in [0.15, 0.2) is 0 Å². The van der Waals surface area contributed by atoms with Gasteiger partial charge in [-0.25, -0.2) is 0 Å². The zero-order chi connectivity index (χ0) is 11.8. The van der Waals surface area contributed by atoms with Crippen molar-refractivity contribution in [3.63, 3.8) is 0 Å². The first-order valence-electron chi connectivity index (χ1n) is 5.22. The monoisotopic (exact) mass is 222 g/mol. The first kappa shape index (κ1) is 12.9. The number of methoxy groups -OCH3 is 1. The fourth-order valence-corrected chi connectivity index (χ4v) is 1.54. The largest absolute Gasteiger partial charge is 0.396 e. The number of aliphatic hydroxyl groups excluding tert-OH is 1. The molecule has 1 aromatic rings. The molecule has 0 aromatic heterocycles. The van der Waals surface area contributed by atoms with Crippen molar-refractivity contribution in [3.8, 4) is 0 Å². The summed E-state index contributed by atoms with van der Waals surface area (Å²) in [5.74, 6) is -0.127. The van der Waals surface area contributed by atoms with E-state index in [4.69, 9.17) is 9.47 Å². The Balaban J connectivity index is 2.82. The smallest absolute Gasteiger partial charge is 0.147 e. The third-order valence-corrected chi connectivity index (χ3v) is 2.40. The van der Waals surface area contributed by atoms with E-state index < -0.39 is 0 Å². The molecular weight excluding hydrogens is 204 g/mol. The SMILES string of the molecule is C=C[C@@H](CO)[C@H](OCOC)c1ccccc1. The van der Waals surface area contributed by atoms with E-state index in [2.05, 4.69) is 6.58 Å². The number of ether oxygens (including phenoxy) is 2. The Morgan fingerprint density at radius 2 is 2.06 bits per heavy atom. The Labute approximate surface area is 96.3 Å². The van der Waals surface area contributed by atoms with E-state index in [0.717, 1.165) is 5.56 Å². The van der Waals surface area contributed by atoms with E-state index in [0.29, 0.717) is 0 Å². The number of rotatable bonds is 7. The molecule has 0 heterocycles. The van der Waals surface area contributed by atoms with Crippen LogP contribution in [0.2, 0.25) is 0 Å². The molecular formula is C13H18O3. The highest BCUT2D eigenvalue weighted by atomic mass is 16.7. The van der Waals surface area contributed by atoms with Crippen LogP contribution in [0.3, 0.4) is 0 Å². The van der Waals surface area contributed by atoms with Gasteiger partial charge in [-0.15, -0.1) is 6.58 Å². The summed E-state index contributed by atoms with van der Waals surface area (Å²) in [4.78, 5) is 0. The highest BCUT2D eigenvalue weighted by molar-refractivity contribution is 5.19. The van der Waals surface area contributed by atoms with Crippen molar-refractivity contribution in [2.75, 3.05) is 20.5 Å². The van der Waals surface area contributed by atoms with Crippen molar-refractivity contribution < 1.29 is 14.6 Å². The zero-order valence-corrected chi connectivity index (χ0v) is 9.50. The molecule has 0 aliphatic heterocycles. The van der Waals surface area contributed by atoms with E-state index in [9.17, 15) is 5.11 Å². The summed E-state index contributed by atoms with van der Waals surface area (Å²) in [7, 11) is 1.57. The number of aliphatic hydroxyl groups is 1. The first-order chi connectivity index (χ1) is 7.83. The minimum Gasteiger partial charge on any atom is -0.396 e. The Bertz CT molecular complexity index is 297. The van der Waals surface area contributed by atoms with E-state index >= 15 is 0 Å². The normalized spacial score (nSPS) is 14.4. The van der Waals surface area contributed by atoms with Gasteiger partial charge in [0, 0.05) is 13.0 Å². The molecule has 0 amide bonds. The molecule has 0 bridgehead atoms. The van der Waals surface area contributed by atoms with Crippen molar-refractivity contribution in [1.82, 2.24) is 0 Å². The van der Waals surface area contributed by atoms with Crippen LogP contribution in [0.25, 0.3) is 0 Å². The maximum atomic E-state index is 9.27. The van der Waals surface area contributed by atoms with E-state index in [1.807, 2.05) is 30.3 Å². The topological polar surface area (TPSA) is 38.7 Å². The molecule has 0 aliphatic rings. The highest BCUT2D eigenvalue weighted by Gasteiger charge is 2.20. The van der Waals surface area contributed by atoms with Crippen LogP contribution >= 0.6 is 0 Å². The van der Waals surface area contributed by atoms with Crippen LogP contribution in [-0.4, -0.2) is 25.6 Å². The average molecular weight is 222 g/mol. The van der Waals surface area contributed by atoms with Gasteiger partial charge in [-0.3, -0.25) is 0 Å². The van der Waals surface area contributed by atoms with Crippen LogP contribution in [0, 0.1) is 5.92 Å². The summed E-state index contributed by atoms with van der Waals surface area (Å²) in [5.41, 5.74) is 1.01. The molecule has 0 saturated carbocycles. The second-order valence-corrected chi connectivity index (χ2v) is 3.49. The van der Waals surface area contributed by atoms with Gasteiger partial charge in [0.2, 0.25) is 0 Å². The molecule has 88 valence electrons. The van der Waals surface area contributed by atoms with E-state index in [-0.39, 0.29) is 25.4 Å². The van der Waals surface area contributed by atoms with Crippen molar-refractivity contribution in [1.29, 1.82) is 0 Å². The van der Waals surface area contributed by atoms with Crippen LogP contribution in [0.1, 0.15) is 11.7 Å². The van der Waals surface area contributed by atoms with Crippen molar-refractivity contribution in [2.45, 2.75) is 6.10 Å². The van der Waals surface area contributed by atoms with Gasteiger partial charge in [-0.05, 0) is 5.56 Å². The second kappa shape index (κ2) is 7.17. The van der Waals surface area contributed by atoms with Gasteiger partial charge in [-0.2, -0.15) is 0 Å². The summed E-state index contributed by atoms with van der Waals surface area (Å²) in [6.07, 6.45) is 1.48. The Kier molecular flexibility index (Phi) is 5.78. The van der Waals surface area contributed by atoms with Crippen LogP contribution in [-0.2, 0) is 9.47 Å². The predicted octanol–water partition coefficient (Wildman–Crippen LogP) is 2.14. The second-order valence-electron chi connectivity index (χ2n) is 3.49. The quantitative estimate of drug-likeness (QED) is 0.567. The standard InChI is InChI=1S/C13H18O3/c1-3-11(9-14)13(16-10-15-2)12-7-5-4-6-8-12/h3-8,11,13-14H,1,9-10H2,2H3/t11-,13-/m0/s1. The van der Waals surface area contributed by atoms with Crippen molar-refractivity contribution in [3.05, 3.63) is 48.6 Å². The van der Waals surface area contributed by atoms with Gasteiger partial charge in [0.05, 0.1) is 12.7 Å². The predicted molar refractivity (Wildman–Crippen MR) is 62.9 cm³/mol. The molecule has 0 spiro atoms. The van der Waals surface area contributed by atoms with Gasteiger partial charge in [0.1, 0.15) is 6.79 Å². The summed E-state index contributed by atoms with van der Waals surface area (Å²) in [5, 5.41) is 9.27. The summed E-state index contributed by atoms with van der Waals surface area (Å²) < 4.78 is 10.5. The van der Waals surface area contributed by atoms with Crippen LogP contribution in [0.15, 0.2) is 43.0 Å². The summed E-state index contributed by atoms with van der Waals surface area (Å²) in [6, 6.07) is 9.75. The fraction of sp³-hybridized carbons (Fsp3) is 0.385. The van der Waals surface area contributed by atoms with Crippen LogP contribution in [0.5, 0.6) is 0 Å². The molecule has 0 unspecified atom stereocenters. The van der Waals surface area contributed by atoms with Gasteiger partial charge in [-0.1, -0.05) is 36.4 Å². The minimum atomic E-state index is -0.219. The van der Waals surface area contributed by atoms with Crippen molar-refractivity contribution in [2.24, 2.45) is 5.92 Å². The summed E-state index contributed by atoms with van der Waals surface area (Å²) >= 11 is 0. The lowest BCUT2D eigenvalue weighted by molar-refractivity contribution is -0.0923. The molecule has 1 rings (SSSR count). The third-order valence-electron chi connectivity index (χ3n) is 2.40. The Morgan fingerprint density at radius 1 is 1.38 bits per heavy atom. The molecule has 0 saturated heterocycles. The molecule has 1 N–H and O–H groups in total. The average Bonchev–Trinajstić information content (AvgIpc) is 2.35. The van der Waals surface area contributed by atoms with Crippen LogP contribution < -0.4 is 0 Å². The van der Waals surface area contributed by atoms with Crippen molar-refractivity contribution >= 4 is 0 Å². The minimum absolute atomic E-state index is 0.00672. The van der Waals surface area contributed by atoms with Crippen LogP contribution in [0.4, 0.5) is 0 Å².